The van der Waals surface area contributed by atoms with Crippen molar-refractivity contribution >= 4 is 11.7 Å². The number of nitro groups is 1. The van der Waals surface area contributed by atoms with Crippen molar-refractivity contribution in [3.8, 4) is 11.5 Å². The first-order valence-corrected chi connectivity index (χ1v) is 5.60. The number of nitro benzene ring substituents is 1. The average molecular weight is 274 g/mol. The van der Waals surface area contributed by atoms with E-state index in [9.17, 15) is 14.9 Å². The van der Waals surface area contributed by atoms with Crippen molar-refractivity contribution in [2.24, 2.45) is 0 Å². The molecule has 20 heavy (non-hydrogen) atoms. The zero-order valence-electron chi connectivity index (χ0n) is 10.4. The van der Waals surface area contributed by atoms with Gasteiger partial charge in [-0.25, -0.2) is 9.78 Å². The van der Waals surface area contributed by atoms with Crippen LogP contribution in [0.5, 0.6) is 11.5 Å². The quantitative estimate of drug-likeness (QED) is 0.679. The lowest BCUT2D eigenvalue weighted by atomic mass is 10.2. The molecule has 1 heterocycles. The van der Waals surface area contributed by atoms with Gasteiger partial charge in [-0.15, -0.1) is 0 Å². The second-order valence-electron chi connectivity index (χ2n) is 3.96. The summed E-state index contributed by atoms with van der Waals surface area (Å²) in [6.45, 7) is 1.67. The normalized spacial score (nSPS) is 10.1. The monoisotopic (exact) mass is 274 g/mol. The van der Waals surface area contributed by atoms with Crippen LogP contribution in [0, 0.1) is 17.0 Å². The lowest BCUT2D eigenvalue weighted by Gasteiger charge is -2.09. The number of carboxylic acid groups (broad SMARTS) is 1. The lowest BCUT2D eigenvalue weighted by Crippen LogP contribution is -2.01. The maximum absolute atomic E-state index is 11.0. The first kappa shape index (κ1) is 13.5. The summed E-state index contributed by atoms with van der Waals surface area (Å²) >= 11 is 0. The summed E-state index contributed by atoms with van der Waals surface area (Å²) < 4.78 is 5.45. The van der Waals surface area contributed by atoms with Gasteiger partial charge >= 0.3 is 11.7 Å². The molecule has 0 aliphatic heterocycles. The Morgan fingerprint density at radius 2 is 2.15 bits per heavy atom. The van der Waals surface area contributed by atoms with E-state index in [0.717, 1.165) is 0 Å². The zero-order valence-corrected chi connectivity index (χ0v) is 10.4. The van der Waals surface area contributed by atoms with Crippen molar-refractivity contribution in [3.05, 3.63) is 57.9 Å². The number of para-hydroxylation sites is 1. The number of carboxylic acids is 1. The number of aryl methyl sites for hydroxylation is 1. The predicted molar refractivity (Wildman–Crippen MR) is 69.1 cm³/mol. The number of ether oxygens (including phenoxy) is 1. The minimum absolute atomic E-state index is 0.0834. The third-order valence-corrected chi connectivity index (χ3v) is 2.56. The fourth-order valence-corrected chi connectivity index (χ4v) is 1.62. The summed E-state index contributed by atoms with van der Waals surface area (Å²) in [6, 6.07) is 7.18. The third-order valence-electron chi connectivity index (χ3n) is 2.56. The van der Waals surface area contributed by atoms with E-state index in [-0.39, 0.29) is 22.9 Å². The van der Waals surface area contributed by atoms with E-state index in [1.54, 1.807) is 19.1 Å². The van der Waals surface area contributed by atoms with E-state index in [1.165, 1.54) is 24.4 Å². The van der Waals surface area contributed by atoms with Crippen molar-refractivity contribution in [3.63, 3.8) is 0 Å². The van der Waals surface area contributed by atoms with Gasteiger partial charge in [-0.2, -0.15) is 0 Å². The molecule has 102 valence electrons. The number of aromatic nitrogens is 1. The molecule has 1 aromatic heterocycles. The fourth-order valence-electron chi connectivity index (χ4n) is 1.62. The van der Waals surface area contributed by atoms with Crippen LogP contribution in [-0.2, 0) is 0 Å². The van der Waals surface area contributed by atoms with Gasteiger partial charge in [-0.1, -0.05) is 12.1 Å². The van der Waals surface area contributed by atoms with Gasteiger partial charge in [0.25, 0.3) is 0 Å². The van der Waals surface area contributed by atoms with E-state index in [4.69, 9.17) is 9.84 Å². The highest BCUT2D eigenvalue weighted by Gasteiger charge is 2.18. The van der Waals surface area contributed by atoms with E-state index in [1.807, 2.05) is 0 Å². The summed E-state index contributed by atoms with van der Waals surface area (Å²) in [4.78, 5) is 24.9. The molecule has 2 rings (SSSR count). The molecule has 7 heteroatoms. The molecule has 1 N–H and O–H groups in total. The molecular formula is C13H10N2O5. The zero-order chi connectivity index (χ0) is 14.7. The number of benzene rings is 1. The molecule has 0 fully saturated rings. The molecule has 0 amide bonds. The number of nitrogens with zero attached hydrogens (tertiary/aromatic N) is 2. The van der Waals surface area contributed by atoms with Crippen molar-refractivity contribution in [1.29, 1.82) is 0 Å². The molecular weight excluding hydrogens is 264 g/mol. The van der Waals surface area contributed by atoms with Crippen molar-refractivity contribution in [2.45, 2.75) is 6.92 Å². The van der Waals surface area contributed by atoms with E-state index in [2.05, 4.69) is 4.98 Å². The van der Waals surface area contributed by atoms with Crippen molar-refractivity contribution in [1.82, 2.24) is 4.98 Å². The summed E-state index contributed by atoms with van der Waals surface area (Å²) in [7, 11) is 0. The van der Waals surface area contributed by atoms with E-state index >= 15 is 0 Å². The number of hydrogen-bond donors (Lipinski definition) is 1. The van der Waals surface area contributed by atoms with Gasteiger partial charge in [0, 0.05) is 18.3 Å². The van der Waals surface area contributed by atoms with Crippen LogP contribution < -0.4 is 4.74 Å². The summed E-state index contributed by atoms with van der Waals surface area (Å²) in [5, 5.41) is 19.8. The van der Waals surface area contributed by atoms with Crippen LogP contribution in [0.25, 0.3) is 0 Å². The Morgan fingerprint density at radius 3 is 2.80 bits per heavy atom. The molecule has 0 saturated heterocycles. The average Bonchev–Trinajstić information content (AvgIpc) is 2.41. The molecule has 1 aromatic carbocycles. The maximum atomic E-state index is 11.0. The molecule has 0 aliphatic carbocycles. The number of aromatic carboxylic acids is 1. The second-order valence-corrected chi connectivity index (χ2v) is 3.96. The highest BCUT2D eigenvalue weighted by molar-refractivity contribution is 5.85. The highest BCUT2D eigenvalue weighted by Crippen LogP contribution is 2.34. The van der Waals surface area contributed by atoms with Crippen molar-refractivity contribution < 1.29 is 19.6 Å². The molecule has 0 radical (unpaired) electrons. The summed E-state index contributed by atoms with van der Waals surface area (Å²) in [5.74, 6) is -0.940. The largest absolute Gasteiger partial charge is 0.477 e. The SMILES string of the molecule is Cc1cccc([N+](=O)[O-])c1Oc1ccnc(C(=O)O)c1. The predicted octanol–water partition coefficient (Wildman–Crippen LogP) is 2.79. The third kappa shape index (κ3) is 2.72. The molecule has 0 aliphatic rings. The number of carbonyl (C=O) groups is 1. The van der Waals surface area contributed by atoms with Gasteiger partial charge in [-0.05, 0) is 18.6 Å². The van der Waals surface area contributed by atoms with Crippen LogP contribution in [0.1, 0.15) is 16.1 Å². The van der Waals surface area contributed by atoms with Crippen molar-refractivity contribution in [2.75, 3.05) is 0 Å². The second kappa shape index (κ2) is 5.35. The Balaban J connectivity index is 2.42. The first-order chi connectivity index (χ1) is 9.49. The Hall–Kier alpha value is -2.96. The summed E-state index contributed by atoms with van der Waals surface area (Å²) in [6.07, 6.45) is 1.27. The standard InChI is InChI=1S/C13H10N2O5/c1-8-3-2-4-11(15(18)19)12(8)20-9-5-6-14-10(7-9)13(16)17/h2-7H,1H3,(H,16,17). The van der Waals surface area contributed by atoms with Crippen LogP contribution in [0.3, 0.4) is 0 Å². The fraction of sp³-hybridized carbons (Fsp3) is 0.0769. The molecule has 2 aromatic rings. The summed E-state index contributed by atoms with van der Waals surface area (Å²) in [5.41, 5.74) is 0.199. The van der Waals surface area contributed by atoms with Crippen LogP contribution in [-0.4, -0.2) is 21.0 Å². The van der Waals surface area contributed by atoms with Gasteiger partial charge in [0.05, 0.1) is 4.92 Å². The molecule has 0 spiro atoms. The minimum atomic E-state index is -1.20. The first-order valence-electron chi connectivity index (χ1n) is 5.60. The minimum Gasteiger partial charge on any atom is -0.477 e. The molecule has 0 bridgehead atoms. The van der Waals surface area contributed by atoms with Gasteiger partial charge < -0.3 is 9.84 Å². The topological polar surface area (TPSA) is 103 Å². The van der Waals surface area contributed by atoms with Crippen LogP contribution in [0.2, 0.25) is 0 Å². The Bertz CT molecular complexity index is 684. The molecule has 7 nitrogen and oxygen atoms in total. The van der Waals surface area contributed by atoms with Crippen LogP contribution >= 0.6 is 0 Å². The van der Waals surface area contributed by atoms with Gasteiger partial charge in [0.15, 0.2) is 5.69 Å². The number of rotatable bonds is 4. The van der Waals surface area contributed by atoms with E-state index < -0.39 is 10.9 Å². The lowest BCUT2D eigenvalue weighted by molar-refractivity contribution is -0.385. The van der Waals surface area contributed by atoms with Crippen LogP contribution in [0.4, 0.5) is 5.69 Å². The Labute approximate surface area is 113 Å². The maximum Gasteiger partial charge on any atom is 0.354 e. The molecule has 0 unspecified atom stereocenters. The number of hydrogen-bond acceptors (Lipinski definition) is 5. The molecule has 0 saturated carbocycles. The smallest absolute Gasteiger partial charge is 0.354 e. The molecule has 0 atom stereocenters. The van der Waals surface area contributed by atoms with E-state index in [0.29, 0.717) is 5.56 Å². The van der Waals surface area contributed by atoms with Gasteiger partial charge in [0.1, 0.15) is 5.75 Å². The highest BCUT2D eigenvalue weighted by atomic mass is 16.6. The van der Waals surface area contributed by atoms with Crippen LogP contribution in [0.15, 0.2) is 36.5 Å². The Kier molecular flexibility index (Phi) is 3.60. The van der Waals surface area contributed by atoms with Gasteiger partial charge in [0.2, 0.25) is 5.75 Å². The Morgan fingerprint density at radius 1 is 1.40 bits per heavy atom. The number of pyridine rings is 1. The van der Waals surface area contributed by atoms with Gasteiger partial charge in [-0.3, -0.25) is 10.1 Å².